The number of carbonyl (C=O) groups is 5. The summed E-state index contributed by atoms with van der Waals surface area (Å²) in [6.45, 7) is 18.1. The summed E-state index contributed by atoms with van der Waals surface area (Å²) in [4.78, 5) is 70.7. The second kappa shape index (κ2) is 17.5. The molecule has 0 aromatic heterocycles. The van der Waals surface area contributed by atoms with E-state index in [1.807, 2.05) is 58.9 Å². The lowest BCUT2D eigenvalue weighted by molar-refractivity contribution is -0.144. The summed E-state index contributed by atoms with van der Waals surface area (Å²) in [5.41, 5.74) is 1.45. The van der Waals surface area contributed by atoms with Crippen molar-refractivity contribution < 1.29 is 32.4 Å². The number of likely N-dealkylation sites (tertiary alicyclic amines) is 1. The zero-order chi connectivity index (χ0) is 40.2. The molecule has 2 aliphatic carbocycles. The molecule has 3 aliphatic rings. The van der Waals surface area contributed by atoms with Crippen molar-refractivity contribution in [2.75, 3.05) is 31.9 Å². The second-order valence-corrected chi connectivity index (χ2v) is 19.3. The number of urea groups is 1. The maximum Gasteiger partial charge on any atom is 0.315 e. The summed E-state index contributed by atoms with van der Waals surface area (Å²) in [6, 6.07) is 3.86. The third-order valence-corrected chi connectivity index (χ3v) is 13.9. The molecule has 4 rings (SSSR count). The summed E-state index contributed by atoms with van der Waals surface area (Å²) in [5, 5.41) is 11.5. The lowest BCUT2D eigenvalue weighted by atomic mass is 9.86. The van der Waals surface area contributed by atoms with E-state index in [1.165, 1.54) is 4.31 Å². The zero-order valence-corrected chi connectivity index (χ0v) is 34.6. The van der Waals surface area contributed by atoms with Crippen LogP contribution in [0.5, 0.6) is 0 Å². The number of nitrogens with one attached hydrogen (secondary N) is 4. The number of fused-ring (bicyclic) bond motifs is 2. The molecule has 1 heterocycles. The lowest BCUT2D eigenvalue weighted by Gasteiger charge is -2.37. The highest BCUT2D eigenvalue weighted by Crippen LogP contribution is 2.65. The van der Waals surface area contributed by atoms with Crippen LogP contribution < -0.4 is 21.3 Å². The number of ketones is 1. The molecule has 302 valence electrons. The van der Waals surface area contributed by atoms with Gasteiger partial charge in [0.25, 0.3) is 5.91 Å². The van der Waals surface area contributed by atoms with Crippen molar-refractivity contribution in [3.63, 3.8) is 0 Å². The van der Waals surface area contributed by atoms with Crippen molar-refractivity contribution >= 4 is 39.6 Å². The van der Waals surface area contributed by atoms with E-state index in [4.69, 9.17) is 0 Å². The van der Waals surface area contributed by atoms with Crippen molar-refractivity contribution in [2.24, 2.45) is 28.6 Å². The van der Waals surface area contributed by atoms with Crippen LogP contribution in [0.15, 0.2) is 24.3 Å². The molecule has 1 unspecified atom stereocenters. The number of hydrogen-bond donors (Lipinski definition) is 4. The number of benzene rings is 1. The van der Waals surface area contributed by atoms with Gasteiger partial charge < -0.3 is 26.2 Å². The number of amides is 5. The molecule has 1 saturated carbocycles. The average molecular weight is 773 g/mol. The van der Waals surface area contributed by atoms with Crippen molar-refractivity contribution in [3.8, 4) is 0 Å². The number of piperidine rings is 1. The number of sulfonamides is 1. The maximum atomic E-state index is 14.9. The highest BCUT2D eigenvalue weighted by molar-refractivity contribution is 7.89. The Bertz CT molecular complexity index is 1630. The van der Waals surface area contributed by atoms with E-state index in [1.54, 1.807) is 18.7 Å². The Morgan fingerprint density at radius 3 is 2.11 bits per heavy atom. The molecule has 6 atom stereocenters. The summed E-state index contributed by atoms with van der Waals surface area (Å²) in [7, 11) is -3.53. The van der Waals surface area contributed by atoms with Gasteiger partial charge in [0.05, 0.1) is 11.8 Å². The number of unbranched alkanes of at least 4 members (excludes halogenated alkanes) is 1. The van der Waals surface area contributed by atoms with E-state index in [0.717, 1.165) is 17.5 Å². The maximum absolute atomic E-state index is 14.9. The van der Waals surface area contributed by atoms with Gasteiger partial charge in [-0.05, 0) is 72.3 Å². The van der Waals surface area contributed by atoms with Gasteiger partial charge in [-0.2, -0.15) is 0 Å². The fraction of sp³-hybridized carbons (Fsp3) is 0.725. The van der Waals surface area contributed by atoms with Gasteiger partial charge in [0, 0.05) is 32.2 Å². The van der Waals surface area contributed by atoms with Gasteiger partial charge in [-0.15, -0.1) is 0 Å². The molecule has 5 amide bonds. The van der Waals surface area contributed by atoms with E-state index < -0.39 is 63.2 Å². The van der Waals surface area contributed by atoms with Crippen LogP contribution in [0.2, 0.25) is 0 Å². The Balaban J connectivity index is 1.62. The topological polar surface area (TPSA) is 174 Å². The number of hydrogen-bond acceptors (Lipinski definition) is 7. The first kappa shape index (κ1) is 43.2. The third-order valence-electron chi connectivity index (χ3n) is 12.0. The fourth-order valence-electron chi connectivity index (χ4n) is 8.32. The molecule has 0 bridgehead atoms. The van der Waals surface area contributed by atoms with E-state index in [2.05, 4.69) is 35.1 Å². The predicted octanol–water partition coefficient (Wildman–Crippen LogP) is 3.41. The number of likely N-dealkylation sites (N-methyl/N-ethyl adjacent to an activating group) is 1. The van der Waals surface area contributed by atoms with Gasteiger partial charge in [0.2, 0.25) is 27.6 Å². The lowest BCUT2D eigenvalue weighted by Crippen LogP contribution is -2.62. The van der Waals surface area contributed by atoms with Crippen LogP contribution >= 0.6 is 0 Å². The van der Waals surface area contributed by atoms with Crippen LogP contribution in [0.3, 0.4) is 0 Å². The molecule has 1 saturated heterocycles. The Labute approximate surface area is 322 Å². The van der Waals surface area contributed by atoms with Crippen molar-refractivity contribution in [1.82, 2.24) is 30.5 Å². The van der Waals surface area contributed by atoms with Gasteiger partial charge in [0.15, 0.2) is 0 Å². The van der Waals surface area contributed by atoms with Crippen molar-refractivity contribution in [3.05, 3.63) is 35.4 Å². The first-order valence-electron chi connectivity index (χ1n) is 19.9. The quantitative estimate of drug-likeness (QED) is 0.166. The highest BCUT2D eigenvalue weighted by atomic mass is 32.2. The van der Waals surface area contributed by atoms with Gasteiger partial charge in [-0.3, -0.25) is 19.2 Å². The molecular weight excluding hydrogens is 709 g/mol. The molecule has 1 aromatic carbocycles. The number of nitrogens with zero attached hydrogens (tertiary/aromatic N) is 2. The smallest absolute Gasteiger partial charge is 0.315 e. The Hall–Kier alpha value is -3.52. The standard InChI is InChI=1S/C40H64N6O7S/c1-10-14-19-29(34(47)36(49)41-20-11-2)42-35(48)33-31-28(40(31,8)9)23-46(33)37(50)32(27-21-25-17-15-16-18-26(25)22-27)44-38(51)43-30(39(5,6)7)24-45(12-3)54(52,53)13-4/h15-18,27-33H,10-14,19-24H2,1-9H3,(H,41,49)(H,42,48)(H2,43,44,51)/t28-,29?,30+,31-,32-,33-/m0/s1. The summed E-state index contributed by atoms with van der Waals surface area (Å²) in [6.07, 6.45) is 3.46. The highest BCUT2D eigenvalue weighted by Gasteiger charge is 2.70. The van der Waals surface area contributed by atoms with Crippen LogP contribution in [0.25, 0.3) is 0 Å². The summed E-state index contributed by atoms with van der Waals surface area (Å²) < 4.78 is 27.1. The third kappa shape index (κ3) is 9.64. The van der Waals surface area contributed by atoms with Crippen LogP contribution in [-0.2, 0) is 42.0 Å². The van der Waals surface area contributed by atoms with Gasteiger partial charge in [-0.25, -0.2) is 17.5 Å². The molecule has 13 nitrogen and oxygen atoms in total. The molecular formula is C40H64N6O7S. The monoisotopic (exact) mass is 772 g/mol. The van der Waals surface area contributed by atoms with E-state index in [0.29, 0.717) is 45.2 Å². The minimum absolute atomic E-state index is 0.0518. The molecule has 0 spiro atoms. The second-order valence-electron chi connectivity index (χ2n) is 17.0. The predicted molar refractivity (Wildman–Crippen MR) is 209 cm³/mol. The molecule has 54 heavy (non-hydrogen) atoms. The summed E-state index contributed by atoms with van der Waals surface area (Å²) >= 11 is 0. The minimum Gasteiger partial charge on any atom is -0.349 e. The molecule has 1 aliphatic heterocycles. The van der Waals surface area contributed by atoms with Gasteiger partial charge in [0.1, 0.15) is 12.1 Å². The van der Waals surface area contributed by atoms with Gasteiger partial charge in [-0.1, -0.05) is 92.5 Å². The first-order valence-corrected chi connectivity index (χ1v) is 21.5. The van der Waals surface area contributed by atoms with E-state index in [9.17, 15) is 32.4 Å². The Morgan fingerprint density at radius 1 is 0.944 bits per heavy atom. The molecule has 1 aromatic rings. The minimum atomic E-state index is -3.53. The number of carbonyl (C=O) groups excluding carboxylic acids is 5. The van der Waals surface area contributed by atoms with Crippen LogP contribution in [0, 0.1) is 28.6 Å². The molecule has 2 fully saturated rings. The van der Waals surface area contributed by atoms with Crippen molar-refractivity contribution in [1.29, 1.82) is 0 Å². The molecule has 4 N–H and O–H groups in total. The SMILES string of the molecule is CCCCC(NC(=O)[C@@H]1[C@@H]2[C@H](CN1C(=O)[C@@H](NC(=O)N[C@H](CN(CC)S(=O)(=O)CC)C(C)(C)C)C1Cc3ccccc3C1)C2(C)C)C(=O)C(=O)NCCC. The normalized spacial score (nSPS) is 22.1. The van der Waals surface area contributed by atoms with E-state index >= 15 is 0 Å². The van der Waals surface area contributed by atoms with Crippen LogP contribution in [0.4, 0.5) is 4.79 Å². The number of rotatable bonds is 18. The Morgan fingerprint density at radius 2 is 1.57 bits per heavy atom. The first-order chi connectivity index (χ1) is 25.3. The zero-order valence-electron chi connectivity index (χ0n) is 33.8. The van der Waals surface area contributed by atoms with Gasteiger partial charge >= 0.3 is 6.03 Å². The van der Waals surface area contributed by atoms with Crippen LogP contribution in [0.1, 0.15) is 99.1 Å². The van der Waals surface area contributed by atoms with E-state index in [-0.39, 0.29) is 47.9 Å². The average Bonchev–Trinajstić information content (AvgIpc) is 3.48. The fourth-order valence-corrected chi connectivity index (χ4v) is 9.46. The number of Topliss-reactive ketones (excluding diaryl/α,β-unsaturated/α-hetero) is 1. The molecule has 14 heteroatoms. The largest absolute Gasteiger partial charge is 0.349 e. The summed E-state index contributed by atoms with van der Waals surface area (Å²) in [5.74, 6) is -2.74. The Kier molecular flexibility index (Phi) is 14.0. The van der Waals surface area contributed by atoms with Crippen LogP contribution in [-0.4, -0.2) is 103 Å². The molecule has 0 radical (unpaired) electrons. The van der Waals surface area contributed by atoms with Crippen molar-refractivity contribution in [2.45, 2.75) is 125 Å².